The minimum Gasteiger partial charge on any atom is -0.701 e. The van der Waals surface area contributed by atoms with Crippen LogP contribution in [0.15, 0.2) is 0 Å². The molecule has 0 spiro atoms. The predicted octanol–water partition coefficient (Wildman–Crippen LogP) is 2.69. The van der Waals surface area contributed by atoms with Gasteiger partial charge in [-0.2, -0.15) is 28.2 Å². The van der Waals surface area contributed by atoms with E-state index in [-0.39, 0.29) is 21.7 Å². The van der Waals surface area contributed by atoms with Crippen molar-refractivity contribution in [3.05, 3.63) is 17.1 Å². The van der Waals surface area contributed by atoms with Crippen molar-refractivity contribution in [3.63, 3.8) is 0 Å². The minimum absolute atomic E-state index is 0. The average Bonchev–Trinajstić information content (AvgIpc) is 1.90. The fourth-order valence-corrected chi connectivity index (χ4v) is 0. The predicted molar refractivity (Wildman–Crippen MR) is 60.9 cm³/mol. The maximum absolute atomic E-state index is 6.67. The van der Waals surface area contributed by atoms with Crippen LogP contribution in [0.2, 0.25) is 19.6 Å². The Labute approximate surface area is 100 Å². The van der Waals surface area contributed by atoms with Crippen molar-refractivity contribution in [3.8, 4) is 5.54 Å². The van der Waals surface area contributed by atoms with Crippen LogP contribution in [0.4, 0.5) is 0 Å². The molecular weight excluding hydrogens is 212 g/mol. The molecule has 0 aromatic heterocycles. The maximum atomic E-state index is 6.67. The van der Waals surface area contributed by atoms with E-state index >= 15 is 0 Å². The smallest absolute Gasteiger partial charge is 0.701 e. The summed E-state index contributed by atoms with van der Waals surface area (Å²) in [6.07, 6.45) is 6.67. The normalized spacial score (nSPS) is 7.54. The zero-order valence-electron chi connectivity index (χ0n) is 9.89. The van der Waals surface area contributed by atoms with Gasteiger partial charge >= 0.3 is 21.7 Å². The van der Waals surface area contributed by atoms with Gasteiger partial charge in [-0.25, -0.2) is 0 Å². The van der Waals surface area contributed by atoms with E-state index < -0.39 is 8.07 Å². The van der Waals surface area contributed by atoms with Gasteiger partial charge in [0.15, 0.2) is 0 Å². The van der Waals surface area contributed by atoms with Crippen LogP contribution in [-0.4, -0.2) is 36.3 Å². The van der Waals surface area contributed by atoms with Crippen LogP contribution in [0.3, 0.4) is 0 Å². The summed E-state index contributed by atoms with van der Waals surface area (Å²) in [5, 5.41) is 7.00. The van der Waals surface area contributed by atoms with Gasteiger partial charge in [0.25, 0.3) is 0 Å². The van der Waals surface area contributed by atoms with Crippen molar-refractivity contribution in [2.24, 2.45) is 0 Å². The van der Waals surface area contributed by atoms with E-state index in [2.05, 4.69) is 35.8 Å². The summed E-state index contributed by atoms with van der Waals surface area (Å²) >= 11 is 0. The van der Waals surface area contributed by atoms with Gasteiger partial charge in [0.05, 0.1) is 8.07 Å². The molecule has 13 heavy (non-hydrogen) atoms. The molecule has 0 amide bonds. The van der Waals surface area contributed by atoms with E-state index in [9.17, 15) is 0 Å². The third-order valence-corrected chi connectivity index (χ3v) is 1.12. The second-order valence-electron chi connectivity index (χ2n) is 3.27. The second-order valence-corrected chi connectivity index (χ2v) is 8.02. The van der Waals surface area contributed by atoms with E-state index in [0.29, 0.717) is 0 Å². The van der Waals surface area contributed by atoms with Gasteiger partial charge in [0, 0.05) is 0 Å². The Morgan fingerprint density at radius 3 is 1.00 bits per heavy atom. The van der Waals surface area contributed by atoms with Crippen LogP contribution in [0, 0.1) is 12.0 Å². The van der Waals surface area contributed by atoms with Crippen LogP contribution in [0.25, 0.3) is 10.6 Å². The maximum Gasteiger partial charge on any atom is 3.00 e. The molecule has 0 atom stereocenters. The van der Waals surface area contributed by atoms with Crippen LogP contribution < -0.4 is 0 Å². The third kappa shape index (κ3) is 116. The first-order valence-corrected chi connectivity index (χ1v) is 7.29. The summed E-state index contributed by atoms with van der Waals surface area (Å²) in [5.74, 6) is 0. The van der Waals surface area contributed by atoms with Crippen molar-refractivity contribution in [2.75, 3.05) is 28.2 Å². The first-order chi connectivity index (χ1) is 5.39. The number of hydrogen-bond donors (Lipinski definition) is 0. The van der Waals surface area contributed by atoms with Gasteiger partial charge in [-0.3, -0.25) is 0 Å². The van der Waals surface area contributed by atoms with Crippen molar-refractivity contribution < 1.29 is 21.7 Å². The monoisotopic (exact) mass is 233 g/mol. The molecule has 75 valence electrons. The molecule has 0 aliphatic heterocycles. The minimum atomic E-state index is -1.21. The van der Waals surface area contributed by atoms with Crippen LogP contribution >= 0.6 is 0 Å². The fraction of sp³-hybridized carbons (Fsp3) is 0.778. The topological polar surface area (TPSA) is 28.2 Å². The van der Waals surface area contributed by atoms with Gasteiger partial charge in [-0.1, -0.05) is 19.6 Å². The third-order valence-electron chi connectivity index (χ3n) is 0.375. The van der Waals surface area contributed by atoms with Crippen molar-refractivity contribution in [1.29, 1.82) is 0 Å². The number of rotatable bonds is 0. The molecule has 0 fully saturated rings. The van der Waals surface area contributed by atoms with Gasteiger partial charge in [0.2, 0.25) is 0 Å². The molecule has 0 heterocycles. The Hall–Kier alpha value is 0.411. The molecule has 4 heteroatoms. The first-order valence-electron chi connectivity index (χ1n) is 3.79. The summed E-state index contributed by atoms with van der Waals surface area (Å²) in [7, 11) is 5.79. The standard InChI is InChI=1S/C5H9Si.2C2H6N.Ti/c1-5-6(2,3)4;2*1-3-2;/h2-4H3;2*1-2H3;/q3*-1;+3. The van der Waals surface area contributed by atoms with E-state index in [1.807, 2.05) is 0 Å². The van der Waals surface area contributed by atoms with Crippen molar-refractivity contribution in [2.45, 2.75) is 19.6 Å². The zero-order chi connectivity index (χ0) is 10.6. The molecule has 0 bridgehead atoms. The molecule has 0 aliphatic rings. The van der Waals surface area contributed by atoms with E-state index in [0.717, 1.165) is 0 Å². The average molecular weight is 233 g/mol. The molecule has 0 aliphatic carbocycles. The largest absolute Gasteiger partial charge is 3.00 e. The molecule has 0 aromatic rings. The fourth-order valence-electron chi connectivity index (χ4n) is 0. The number of hydrogen-bond acceptors (Lipinski definition) is 0. The molecule has 0 saturated carbocycles. The number of nitrogens with zero attached hydrogens (tertiary/aromatic N) is 2. The van der Waals surface area contributed by atoms with E-state index in [1.165, 1.54) is 0 Å². The molecule has 0 rings (SSSR count). The summed E-state index contributed by atoms with van der Waals surface area (Å²) in [5.41, 5.74) is 2.49. The Kier molecular flexibility index (Phi) is 32.7. The molecule has 0 saturated heterocycles. The first kappa shape index (κ1) is 23.3. The van der Waals surface area contributed by atoms with Crippen molar-refractivity contribution >= 4 is 8.07 Å². The van der Waals surface area contributed by atoms with Gasteiger partial charge in [0.1, 0.15) is 0 Å². The summed E-state index contributed by atoms with van der Waals surface area (Å²) in [6.45, 7) is 6.25. The Morgan fingerprint density at radius 1 is 0.923 bits per heavy atom. The van der Waals surface area contributed by atoms with Gasteiger partial charge in [-0.05, 0) is 0 Å². The van der Waals surface area contributed by atoms with Crippen LogP contribution in [0.5, 0.6) is 0 Å². The summed E-state index contributed by atoms with van der Waals surface area (Å²) < 4.78 is 0. The van der Waals surface area contributed by atoms with Crippen molar-refractivity contribution in [1.82, 2.24) is 0 Å². The molecule has 0 aromatic carbocycles. The van der Waals surface area contributed by atoms with E-state index in [4.69, 9.17) is 6.42 Å². The Bertz CT molecular complexity index is 103. The molecule has 0 unspecified atom stereocenters. The molecule has 0 N–H and O–H groups in total. The molecular formula is C9H21N2SiTi. The second kappa shape index (κ2) is 18.2. The zero-order valence-corrected chi connectivity index (χ0v) is 12.5. The summed E-state index contributed by atoms with van der Waals surface area (Å²) in [6, 6.07) is 0. The van der Waals surface area contributed by atoms with Gasteiger partial charge in [-0.15, -0.1) is 0 Å². The Morgan fingerprint density at radius 2 is 1.00 bits per heavy atom. The van der Waals surface area contributed by atoms with Gasteiger partial charge < -0.3 is 22.6 Å². The quantitative estimate of drug-likeness (QED) is 0.349. The SMILES string of the molecule is C[N-]C.C[N-]C.[C-]#C[Si](C)(C)C.[Ti+3]. The van der Waals surface area contributed by atoms with E-state index in [1.54, 1.807) is 28.2 Å². The van der Waals surface area contributed by atoms with Crippen LogP contribution in [-0.2, 0) is 21.7 Å². The molecule has 2 nitrogen and oxygen atoms in total. The molecule has 1 radical (unpaired) electrons. The Balaban J connectivity index is -0.0000000501. The van der Waals surface area contributed by atoms with Crippen LogP contribution in [0.1, 0.15) is 0 Å². The summed E-state index contributed by atoms with van der Waals surface area (Å²) in [4.78, 5) is 0.